The molecule has 0 saturated heterocycles. The van der Waals surface area contributed by atoms with Gasteiger partial charge in [-0.25, -0.2) is 18.4 Å². The number of anilines is 2. The van der Waals surface area contributed by atoms with Gasteiger partial charge in [-0.1, -0.05) is 29.8 Å². The number of rotatable bonds is 8. The van der Waals surface area contributed by atoms with E-state index >= 15 is 0 Å². The van der Waals surface area contributed by atoms with Gasteiger partial charge in [0, 0.05) is 29.6 Å². The number of aliphatic hydroxyl groups is 1. The van der Waals surface area contributed by atoms with Gasteiger partial charge in [0.15, 0.2) is 0 Å². The van der Waals surface area contributed by atoms with Gasteiger partial charge in [-0.15, -0.1) is 0 Å². The molecule has 1 saturated carbocycles. The van der Waals surface area contributed by atoms with Gasteiger partial charge >= 0.3 is 0 Å². The fourth-order valence-electron chi connectivity index (χ4n) is 3.74. The first-order chi connectivity index (χ1) is 16.8. The van der Waals surface area contributed by atoms with Gasteiger partial charge in [-0.3, -0.25) is 4.72 Å². The lowest BCUT2D eigenvalue weighted by Crippen LogP contribution is -2.28. The molecule has 0 bridgehead atoms. The first-order valence-corrected chi connectivity index (χ1v) is 13.0. The van der Waals surface area contributed by atoms with Gasteiger partial charge in [0.1, 0.15) is 10.7 Å². The number of aromatic nitrogens is 3. The van der Waals surface area contributed by atoms with Crippen LogP contribution >= 0.6 is 11.6 Å². The minimum Gasteiger partial charge on any atom is -0.481 e. The molecule has 0 atom stereocenters. The van der Waals surface area contributed by atoms with Crippen molar-refractivity contribution < 1.29 is 18.3 Å². The van der Waals surface area contributed by atoms with Crippen LogP contribution in [0.4, 0.5) is 11.8 Å². The van der Waals surface area contributed by atoms with Crippen LogP contribution in [0.5, 0.6) is 5.88 Å². The molecule has 11 heteroatoms. The lowest BCUT2D eigenvalue weighted by molar-refractivity contribution is 0.126. The summed E-state index contributed by atoms with van der Waals surface area (Å²) in [5.41, 5.74) is 1.43. The van der Waals surface area contributed by atoms with E-state index in [1.165, 1.54) is 19.2 Å². The third-order valence-corrected chi connectivity index (χ3v) is 7.46. The highest BCUT2D eigenvalue weighted by atomic mass is 35.5. The van der Waals surface area contributed by atoms with Crippen LogP contribution in [0.25, 0.3) is 12.2 Å². The van der Waals surface area contributed by atoms with Crippen molar-refractivity contribution in [3.05, 3.63) is 64.9 Å². The zero-order chi connectivity index (χ0) is 24.8. The van der Waals surface area contributed by atoms with Gasteiger partial charge in [-0.2, -0.15) is 4.98 Å². The van der Waals surface area contributed by atoms with Gasteiger partial charge in [0.2, 0.25) is 11.8 Å². The average molecular weight is 516 g/mol. The van der Waals surface area contributed by atoms with Gasteiger partial charge in [0.05, 0.1) is 18.2 Å². The SMILES string of the molecule is COc1nc(NS(=O)(=O)c2ccccc2Cl)ccc1/C=C/c1cnc(N[C@H]2CC[C@H](O)CC2)nc1. The van der Waals surface area contributed by atoms with E-state index in [0.29, 0.717) is 11.5 Å². The first kappa shape index (κ1) is 24.9. The maximum atomic E-state index is 12.7. The van der Waals surface area contributed by atoms with Crippen LogP contribution in [0.2, 0.25) is 5.02 Å². The van der Waals surface area contributed by atoms with E-state index in [1.807, 2.05) is 6.08 Å². The van der Waals surface area contributed by atoms with E-state index in [-0.39, 0.29) is 33.8 Å². The number of methoxy groups -OCH3 is 1. The Morgan fingerprint density at radius 2 is 1.77 bits per heavy atom. The summed E-state index contributed by atoms with van der Waals surface area (Å²) in [6.45, 7) is 0. The van der Waals surface area contributed by atoms with E-state index in [2.05, 4.69) is 25.0 Å². The number of pyridine rings is 1. The molecule has 2 aromatic heterocycles. The van der Waals surface area contributed by atoms with Crippen LogP contribution in [0.1, 0.15) is 36.8 Å². The molecule has 3 aromatic rings. The molecule has 3 N–H and O–H groups in total. The second kappa shape index (κ2) is 11.0. The second-order valence-electron chi connectivity index (χ2n) is 8.15. The number of aliphatic hydroxyl groups excluding tert-OH is 1. The Labute approximate surface area is 209 Å². The molecular formula is C24H26ClN5O4S. The Morgan fingerprint density at radius 1 is 1.06 bits per heavy atom. The highest BCUT2D eigenvalue weighted by molar-refractivity contribution is 7.92. The van der Waals surface area contributed by atoms with E-state index in [1.54, 1.807) is 42.7 Å². The Morgan fingerprint density at radius 3 is 2.46 bits per heavy atom. The number of nitrogens with one attached hydrogen (secondary N) is 2. The lowest BCUT2D eigenvalue weighted by Gasteiger charge is -2.26. The highest BCUT2D eigenvalue weighted by Gasteiger charge is 2.20. The number of ether oxygens (including phenoxy) is 1. The van der Waals surface area contributed by atoms with E-state index < -0.39 is 10.0 Å². The number of hydrogen-bond donors (Lipinski definition) is 3. The fraction of sp³-hybridized carbons (Fsp3) is 0.292. The summed E-state index contributed by atoms with van der Waals surface area (Å²) in [5, 5.41) is 13.1. The lowest BCUT2D eigenvalue weighted by atomic mass is 9.93. The average Bonchev–Trinajstić information content (AvgIpc) is 2.85. The molecule has 1 fully saturated rings. The molecule has 1 aliphatic rings. The molecule has 184 valence electrons. The molecule has 2 heterocycles. The number of benzene rings is 1. The van der Waals surface area contributed by atoms with Crippen molar-refractivity contribution in [2.24, 2.45) is 0 Å². The third kappa shape index (κ3) is 6.47. The third-order valence-electron chi connectivity index (χ3n) is 5.61. The van der Waals surface area contributed by atoms with Crippen LogP contribution in [-0.4, -0.2) is 47.7 Å². The molecule has 4 rings (SSSR count). The maximum Gasteiger partial charge on any atom is 0.264 e. The Balaban J connectivity index is 1.43. The smallest absolute Gasteiger partial charge is 0.264 e. The molecule has 1 aliphatic carbocycles. The normalized spacial score (nSPS) is 18.4. The molecule has 1 aromatic carbocycles. The fourth-order valence-corrected chi connectivity index (χ4v) is 5.26. The Kier molecular flexibility index (Phi) is 7.84. The molecule has 0 aliphatic heterocycles. The summed E-state index contributed by atoms with van der Waals surface area (Å²) in [5.74, 6) is 0.908. The quantitative estimate of drug-likeness (QED) is 0.407. The molecule has 0 amide bonds. The summed E-state index contributed by atoms with van der Waals surface area (Å²) in [4.78, 5) is 13.0. The summed E-state index contributed by atoms with van der Waals surface area (Å²) in [6.07, 6.45) is 10.2. The molecule has 35 heavy (non-hydrogen) atoms. The van der Waals surface area contributed by atoms with Crippen molar-refractivity contribution >= 4 is 45.5 Å². The molecule has 9 nitrogen and oxygen atoms in total. The number of nitrogens with zero attached hydrogens (tertiary/aromatic N) is 3. The topological polar surface area (TPSA) is 126 Å². The number of hydrogen-bond acceptors (Lipinski definition) is 8. The summed E-state index contributed by atoms with van der Waals surface area (Å²) >= 11 is 6.03. The van der Waals surface area contributed by atoms with E-state index in [9.17, 15) is 13.5 Å². The second-order valence-corrected chi connectivity index (χ2v) is 10.2. The monoisotopic (exact) mass is 515 g/mol. The first-order valence-electron chi connectivity index (χ1n) is 11.1. The van der Waals surface area contributed by atoms with Crippen LogP contribution in [-0.2, 0) is 10.0 Å². The van der Waals surface area contributed by atoms with Crippen molar-refractivity contribution in [1.82, 2.24) is 15.0 Å². The van der Waals surface area contributed by atoms with Gasteiger partial charge in [0.25, 0.3) is 10.0 Å². The predicted molar refractivity (Wildman–Crippen MR) is 136 cm³/mol. The van der Waals surface area contributed by atoms with E-state index in [0.717, 1.165) is 31.2 Å². The van der Waals surface area contributed by atoms with Crippen molar-refractivity contribution in [2.45, 2.75) is 42.7 Å². The Hall–Kier alpha value is -3.21. The molecule has 0 spiro atoms. The van der Waals surface area contributed by atoms with Crippen molar-refractivity contribution in [3.63, 3.8) is 0 Å². The summed E-state index contributed by atoms with van der Waals surface area (Å²) in [6, 6.07) is 9.68. The maximum absolute atomic E-state index is 12.7. The Bertz CT molecular complexity index is 1290. The standard InChI is InChI=1S/C24H26ClN5O4S/c1-34-23-17(8-13-22(29-23)30-35(32,33)21-5-3-2-4-20(21)25)7-6-16-14-26-24(27-15-16)28-18-9-11-19(31)12-10-18/h2-8,13-15,18-19,31H,9-12H2,1H3,(H,29,30)(H,26,27,28)/b7-6+/t18-,19-. The molecular weight excluding hydrogens is 490 g/mol. The van der Waals surface area contributed by atoms with Gasteiger partial charge in [-0.05, 0) is 56.0 Å². The van der Waals surface area contributed by atoms with E-state index in [4.69, 9.17) is 16.3 Å². The largest absolute Gasteiger partial charge is 0.481 e. The highest BCUT2D eigenvalue weighted by Crippen LogP contribution is 2.26. The van der Waals surface area contributed by atoms with Crippen molar-refractivity contribution in [1.29, 1.82) is 0 Å². The zero-order valence-corrected chi connectivity index (χ0v) is 20.6. The minimum absolute atomic E-state index is 0.0366. The van der Waals surface area contributed by atoms with Crippen molar-refractivity contribution in [3.8, 4) is 5.88 Å². The summed E-state index contributed by atoms with van der Waals surface area (Å²) in [7, 11) is -2.45. The van der Waals surface area contributed by atoms with Crippen LogP contribution in [0, 0.1) is 0 Å². The predicted octanol–water partition coefficient (Wildman–Crippen LogP) is 4.22. The zero-order valence-electron chi connectivity index (χ0n) is 19.1. The van der Waals surface area contributed by atoms with Crippen LogP contribution < -0.4 is 14.8 Å². The summed E-state index contributed by atoms with van der Waals surface area (Å²) < 4.78 is 33.1. The number of halogens is 1. The van der Waals surface area contributed by atoms with Gasteiger partial charge < -0.3 is 15.2 Å². The van der Waals surface area contributed by atoms with Crippen LogP contribution in [0.15, 0.2) is 53.7 Å². The molecule has 0 radical (unpaired) electrons. The minimum atomic E-state index is -3.91. The van der Waals surface area contributed by atoms with Crippen LogP contribution in [0.3, 0.4) is 0 Å². The molecule has 0 unspecified atom stereocenters. The number of sulfonamides is 1. The van der Waals surface area contributed by atoms with Crippen molar-refractivity contribution in [2.75, 3.05) is 17.1 Å².